The molecule has 20 heavy (non-hydrogen) atoms. The van der Waals surface area contributed by atoms with Gasteiger partial charge in [-0.1, -0.05) is 6.07 Å². The fraction of sp³-hybridized carbons (Fsp3) is 0.562. The van der Waals surface area contributed by atoms with Crippen LogP contribution in [0.15, 0.2) is 17.5 Å². The highest BCUT2D eigenvalue weighted by Gasteiger charge is 2.20. The highest BCUT2D eigenvalue weighted by atomic mass is 32.1. The van der Waals surface area contributed by atoms with E-state index in [9.17, 15) is 0 Å². The standard InChI is InChI=1S/C16H23N3S/c1-12-16(7-9-17-14-5-6-14)13(2)19(18-12)10-8-15-4-3-11-20-15/h3-4,11,14,17H,5-10H2,1-2H3. The van der Waals surface area contributed by atoms with Gasteiger partial charge in [0, 0.05) is 29.6 Å². The molecule has 3 rings (SSSR count). The van der Waals surface area contributed by atoms with Gasteiger partial charge in [0.2, 0.25) is 0 Å². The molecule has 0 aliphatic heterocycles. The van der Waals surface area contributed by atoms with E-state index in [0.29, 0.717) is 0 Å². The predicted octanol–water partition coefficient (Wildman–Crippen LogP) is 3.10. The maximum atomic E-state index is 4.72. The fourth-order valence-electron chi connectivity index (χ4n) is 2.67. The molecule has 0 saturated heterocycles. The molecule has 1 aliphatic rings. The molecule has 0 unspecified atom stereocenters. The van der Waals surface area contributed by atoms with Crippen LogP contribution in [-0.2, 0) is 19.4 Å². The van der Waals surface area contributed by atoms with Crippen molar-refractivity contribution in [1.82, 2.24) is 15.1 Å². The molecule has 1 fully saturated rings. The molecule has 0 radical (unpaired) electrons. The van der Waals surface area contributed by atoms with E-state index in [-0.39, 0.29) is 0 Å². The van der Waals surface area contributed by atoms with Crippen LogP contribution in [0, 0.1) is 13.8 Å². The molecule has 2 aromatic heterocycles. The predicted molar refractivity (Wildman–Crippen MR) is 84.5 cm³/mol. The Morgan fingerprint density at radius 3 is 2.90 bits per heavy atom. The number of hydrogen-bond acceptors (Lipinski definition) is 3. The highest BCUT2D eigenvalue weighted by Crippen LogP contribution is 2.19. The maximum absolute atomic E-state index is 4.72. The zero-order valence-corrected chi connectivity index (χ0v) is 13.2. The smallest absolute Gasteiger partial charge is 0.0628 e. The number of aryl methyl sites for hydroxylation is 3. The van der Waals surface area contributed by atoms with Crippen LogP contribution in [0.5, 0.6) is 0 Å². The van der Waals surface area contributed by atoms with Gasteiger partial charge in [-0.15, -0.1) is 11.3 Å². The molecule has 3 nitrogen and oxygen atoms in total. The zero-order valence-electron chi connectivity index (χ0n) is 12.4. The van der Waals surface area contributed by atoms with E-state index in [0.717, 1.165) is 32.0 Å². The Bertz CT molecular complexity index is 553. The zero-order chi connectivity index (χ0) is 13.9. The average Bonchev–Trinajstić information content (AvgIpc) is 3.03. The van der Waals surface area contributed by atoms with Gasteiger partial charge in [-0.25, -0.2) is 0 Å². The SMILES string of the molecule is Cc1nn(CCc2cccs2)c(C)c1CCNC1CC1. The van der Waals surface area contributed by atoms with E-state index in [1.54, 1.807) is 0 Å². The van der Waals surface area contributed by atoms with Gasteiger partial charge < -0.3 is 5.32 Å². The topological polar surface area (TPSA) is 29.9 Å². The van der Waals surface area contributed by atoms with Crippen LogP contribution in [0.4, 0.5) is 0 Å². The number of rotatable bonds is 7. The van der Waals surface area contributed by atoms with Gasteiger partial charge in [0.15, 0.2) is 0 Å². The maximum Gasteiger partial charge on any atom is 0.0628 e. The number of hydrogen-bond donors (Lipinski definition) is 1. The van der Waals surface area contributed by atoms with Crippen LogP contribution < -0.4 is 5.32 Å². The summed E-state index contributed by atoms with van der Waals surface area (Å²) >= 11 is 1.83. The number of nitrogens with zero attached hydrogens (tertiary/aromatic N) is 2. The molecule has 2 heterocycles. The van der Waals surface area contributed by atoms with Crippen LogP contribution >= 0.6 is 11.3 Å². The average molecular weight is 289 g/mol. The molecule has 2 aromatic rings. The quantitative estimate of drug-likeness (QED) is 0.849. The van der Waals surface area contributed by atoms with E-state index in [4.69, 9.17) is 5.10 Å². The lowest BCUT2D eigenvalue weighted by Gasteiger charge is -2.05. The van der Waals surface area contributed by atoms with Crippen LogP contribution in [0.25, 0.3) is 0 Å². The molecule has 1 aliphatic carbocycles. The van der Waals surface area contributed by atoms with Gasteiger partial charge in [0.1, 0.15) is 0 Å². The lowest BCUT2D eigenvalue weighted by Crippen LogP contribution is -2.19. The summed E-state index contributed by atoms with van der Waals surface area (Å²) in [6.45, 7) is 6.42. The van der Waals surface area contributed by atoms with Gasteiger partial charge in [0.05, 0.1) is 5.69 Å². The lowest BCUT2D eigenvalue weighted by atomic mass is 10.1. The third-order valence-electron chi connectivity index (χ3n) is 4.07. The van der Waals surface area contributed by atoms with Crippen LogP contribution in [-0.4, -0.2) is 22.4 Å². The van der Waals surface area contributed by atoms with E-state index in [2.05, 4.69) is 41.4 Å². The lowest BCUT2D eigenvalue weighted by molar-refractivity contribution is 0.596. The van der Waals surface area contributed by atoms with Crippen molar-refractivity contribution >= 4 is 11.3 Å². The summed E-state index contributed by atoms with van der Waals surface area (Å²) in [5, 5.41) is 10.4. The Morgan fingerprint density at radius 1 is 1.35 bits per heavy atom. The summed E-state index contributed by atoms with van der Waals surface area (Å²) in [5.41, 5.74) is 3.98. The number of aromatic nitrogens is 2. The summed E-state index contributed by atoms with van der Waals surface area (Å²) < 4.78 is 2.18. The molecule has 1 saturated carbocycles. The molecule has 0 amide bonds. The van der Waals surface area contributed by atoms with Crippen LogP contribution in [0.3, 0.4) is 0 Å². The van der Waals surface area contributed by atoms with Crippen molar-refractivity contribution in [2.75, 3.05) is 6.54 Å². The largest absolute Gasteiger partial charge is 0.314 e. The number of nitrogens with one attached hydrogen (secondary N) is 1. The Morgan fingerprint density at radius 2 is 2.20 bits per heavy atom. The monoisotopic (exact) mass is 289 g/mol. The molecular weight excluding hydrogens is 266 g/mol. The third kappa shape index (κ3) is 3.30. The van der Waals surface area contributed by atoms with Crippen molar-refractivity contribution in [1.29, 1.82) is 0 Å². The van der Waals surface area contributed by atoms with Crippen molar-refractivity contribution in [2.45, 2.75) is 52.1 Å². The fourth-order valence-corrected chi connectivity index (χ4v) is 3.37. The van der Waals surface area contributed by atoms with Gasteiger partial charge in [-0.3, -0.25) is 4.68 Å². The summed E-state index contributed by atoms with van der Waals surface area (Å²) in [6.07, 6.45) is 4.91. The van der Waals surface area contributed by atoms with Crippen molar-refractivity contribution in [3.05, 3.63) is 39.3 Å². The van der Waals surface area contributed by atoms with E-state index >= 15 is 0 Å². The van der Waals surface area contributed by atoms with Crippen molar-refractivity contribution < 1.29 is 0 Å². The Kier molecular flexibility index (Phi) is 4.22. The van der Waals surface area contributed by atoms with Gasteiger partial charge in [-0.2, -0.15) is 5.10 Å². The molecule has 108 valence electrons. The molecular formula is C16H23N3S. The second kappa shape index (κ2) is 6.10. The minimum absolute atomic E-state index is 0.796. The summed E-state index contributed by atoms with van der Waals surface area (Å²) in [5.74, 6) is 0. The van der Waals surface area contributed by atoms with Gasteiger partial charge in [-0.05, 0) is 56.7 Å². The Hall–Kier alpha value is -1.13. The normalized spacial score (nSPS) is 14.9. The van der Waals surface area contributed by atoms with Gasteiger partial charge in [0.25, 0.3) is 0 Å². The molecule has 0 bridgehead atoms. The van der Waals surface area contributed by atoms with Crippen molar-refractivity contribution in [3.63, 3.8) is 0 Å². The summed E-state index contributed by atoms with van der Waals surface area (Å²) in [6, 6.07) is 5.12. The Labute approximate surface area is 125 Å². The minimum Gasteiger partial charge on any atom is -0.314 e. The number of thiophene rings is 1. The third-order valence-corrected chi connectivity index (χ3v) is 5.00. The highest BCUT2D eigenvalue weighted by molar-refractivity contribution is 7.09. The Balaban J connectivity index is 1.59. The van der Waals surface area contributed by atoms with E-state index in [1.807, 2.05) is 11.3 Å². The molecule has 0 aromatic carbocycles. The van der Waals surface area contributed by atoms with Crippen LogP contribution in [0.2, 0.25) is 0 Å². The molecule has 0 spiro atoms. The second-order valence-electron chi connectivity index (χ2n) is 5.68. The molecule has 1 N–H and O–H groups in total. The summed E-state index contributed by atoms with van der Waals surface area (Å²) in [7, 11) is 0. The van der Waals surface area contributed by atoms with Crippen molar-refractivity contribution in [3.8, 4) is 0 Å². The van der Waals surface area contributed by atoms with Gasteiger partial charge >= 0.3 is 0 Å². The van der Waals surface area contributed by atoms with Crippen molar-refractivity contribution in [2.24, 2.45) is 0 Å². The first-order chi connectivity index (χ1) is 9.74. The molecule has 0 atom stereocenters. The van der Waals surface area contributed by atoms with E-state index < -0.39 is 0 Å². The summed E-state index contributed by atoms with van der Waals surface area (Å²) in [4.78, 5) is 1.44. The first-order valence-electron chi connectivity index (χ1n) is 7.52. The second-order valence-corrected chi connectivity index (χ2v) is 6.71. The minimum atomic E-state index is 0.796. The molecule has 4 heteroatoms. The first kappa shape index (κ1) is 13.8. The van der Waals surface area contributed by atoms with E-state index in [1.165, 1.54) is 34.7 Å². The first-order valence-corrected chi connectivity index (χ1v) is 8.40. The van der Waals surface area contributed by atoms with Crippen LogP contribution in [0.1, 0.15) is 34.7 Å².